The lowest BCUT2D eigenvalue weighted by molar-refractivity contribution is -0.139. The molecule has 1 aliphatic rings. The monoisotopic (exact) mass is 466 g/mol. The normalized spacial score (nSPS) is 17.8. The van der Waals surface area contributed by atoms with Gasteiger partial charge in [0, 0.05) is 34.3 Å². The van der Waals surface area contributed by atoms with E-state index < -0.39 is 17.7 Å². The fraction of sp³-hybridized carbons (Fsp3) is 0.308. The SMILES string of the molecule is CCCCN1C(=O)C(=O)/C(=C(/O)c2ccc(Cl)c(OCC)c2)C1c1c(C)[nH]c2ccccc12. The minimum Gasteiger partial charge on any atom is -0.507 e. The molecule has 1 amide bonds. The largest absolute Gasteiger partial charge is 0.507 e. The number of hydrogen-bond acceptors (Lipinski definition) is 4. The van der Waals surface area contributed by atoms with Crippen molar-refractivity contribution in [3.05, 3.63) is 69.9 Å². The number of ketones is 1. The van der Waals surface area contributed by atoms with Crippen molar-refractivity contribution in [2.75, 3.05) is 13.2 Å². The van der Waals surface area contributed by atoms with Crippen LogP contribution in [0.3, 0.4) is 0 Å². The van der Waals surface area contributed by atoms with E-state index in [1.54, 1.807) is 23.1 Å². The quantitative estimate of drug-likeness (QED) is 0.264. The number of nitrogens with one attached hydrogen (secondary N) is 1. The standard InChI is InChI=1S/C26H27ClN2O4/c1-4-6-13-29-23(21-15(3)28-19-10-8-7-9-17(19)21)22(25(31)26(29)32)24(30)16-11-12-18(27)20(14-16)33-5-2/h7-12,14,23,28,30H,4-6,13H2,1-3H3/b24-22+. The number of amides is 1. The maximum Gasteiger partial charge on any atom is 0.295 e. The van der Waals surface area contributed by atoms with E-state index in [0.29, 0.717) is 29.5 Å². The van der Waals surface area contributed by atoms with E-state index >= 15 is 0 Å². The highest BCUT2D eigenvalue weighted by Crippen LogP contribution is 2.44. The van der Waals surface area contributed by atoms with Crippen LogP contribution < -0.4 is 4.74 Å². The van der Waals surface area contributed by atoms with Gasteiger partial charge in [0.25, 0.3) is 11.7 Å². The van der Waals surface area contributed by atoms with Gasteiger partial charge in [-0.3, -0.25) is 9.59 Å². The van der Waals surface area contributed by atoms with E-state index in [-0.39, 0.29) is 11.3 Å². The van der Waals surface area contributed by atoms with Crippen LogP contribution >= 0.6 is 11.6 Å². The first-order valence-electron chi connectivity index (χ1n) is 11.2. The minimum atomic E-state index is -0.695. The molecule has 0 spiro atoms. The van der Waals surface area contributed by atoms with Crippen LogP contribution in [0.4, 0.5) is 0 Å². The second kappa shape index (κ2) is 9.32. The first-order chi connectivity index (χ1) is 15.9. The molecule has 0 bridgehead atoms. The molecular formula is C26H27ClN2O4. The minimum absolute atomic E-state index is 0.0775. The van der Waals surface area contributed by atoms with Crippen molar-refractivity contribution in [1.29, 1.82) is 0 Å². The number of halogens is 1. The van der Waals surface area contributed by atoms with Gasteiger partial charge in [0.15, 0.2) is 0 Å². The number of likely N-dealkylation sites (tertiary alicyclic amines) is 1. The number of unbranched alkanes of at least 4 members (excludes halogenated alkanes) is 1. The summed E-state index contributed by atoms with van der Waals surface area (Å²) in [5.74, 6) is -1.12. The zero-order chi connectivity index (χ0) is 23.7. The van der Waals surface area contributed by atoms with Gasteiger partial charge >= 0.3 is 0 Å². The zero-order valence-corrected chi connectivity index (χ0v) is 19.7. The molecule has 4 rings (SSSR count). The molecule has 2 N–H and O–H groups in total. The van der Waals surface area contributed by atoms with Gasteiger partial charge in [0.1, 0.15) is 11.5 Å². The molecule has 1 aliphatic heterocycles. The summed E-state index contributed by atoms with van der Waals surface area (Å²) < 4.78 is 5.56. The number of fused-ring (bicyclic) bond motifs is 1. The highest BCUT2D eigenvalue weighted by Gasteiger charge is 2.47. The van der Waals surface area contributed by atoms with Crippen LogP contribution in [-0.2, 0) is 9.59 Å². The van der Waals surface area contributed by atoms with Gasteiger partial charge in [-0.05, 0) is 44.5 Å². The molecule has 1 fully saturated rings. The number of para-hydroxylation sites is 1. The average molecular weight is 467 g/mol. The van der Waals surface area contributed by atoms with Crippen LogP contribution in [0, 0.1) is 6.92 Å². The topological polar surface area (TPSA) is 82.6 Å². The third-order valence-electron chi connectivity index (χ3n) is 6.01. The molecule has 0 aliphatic carbocycles. The summed E-state index contributed by atoms with van der Waals surface area (Å²) in [6.45, 7) is 6.62. The van der Waals surface area contributed by atoms with Crippen molar-refractivity contribution >= 4 is 40.0 Å². The second-order valence-electron chi connectivity index (χ2n) is 8.13. The molecule has 1 unspecified atom stereocenters. The van der Waals surface area contributed by atoms with Gasteiger partial charge in [0.05, 0.1) is 23.2 Å². The Balaban J connectivity index is 1.95. The molecule has 2 heterocycles. The number of Topliss-reactive ketones (excluding diaryl/α,β-unsaturated/α-hetero) is 1. The highest BCUT2D eigenvalue weighted by molar-refractivity contribution is 6.46. The fourth-order valence-electron chi connectivity index (χ4n) is 4.46. The summed E-state index contributed by atoms with van der Waals surface area (Å²) in [5.41, 5.74) is 3.03. The first-order valence-corrected chi connectivity index (χ1v) is 11.5. The Bertz CT molecular complexity index is 1260. The van der Waals surface area contributed by atoms with Crippen LogP contribution in [0.2, 0.25) is 5.02 Å². The number of aliphatic hydroxyl groups excluding tert-OH is 1. The number of carbonyl (C=O) groups excluding carboxylic acids is 2. The van der Waals surface area contributed by atoms with Gasteiger partial charge in [-0.15, -0.1) is 0 Å². The summed E-state index contributed by atoms with van der Waals surface area (Å²) >= 11 is 6.21. The Hall–Kier alpha value is -3.25. The lowest BCUT2D eigenvalue weighted by atomic mass is 9.93. The Morgan fingerprint density at radius 3 is 2.67 bits per heavy atom. The Kier molecular flexibility index (Phi) is 6.47. The van der Waals surface area contributed by atoms with Crippen molar-refractivity contribution in [2.45, 2.75) is 39.7 Å². The van der Waals surface area contributed by atoms with Crippen molar-refractivity contribution in [2.24, 2.45) is 0 Å². The zero-order valence-electron chi connectivity index (χ0n) is 18.9. The number of rotatable bonds is 7. The van der Waals surface area contributed by atoms with E-state index in [1.165, 1.54) is 0 Å². The Labute approximate surface area is 197 Å². The maximum atomic E-state index is 13.2. The van der Waals surface area contributed by atoms with Gasteiger partial charge < -0.3 is 19.7 Å². The third-order valence-corrected chi connectivity index (χ3v) is 6.33. The smallest absolute Gasteiger partial charge is 0.295 e. The highest BCUT2D eigenvalue weighted by atomic mass is 35.5. The van der Waals surface area contributed by atoms with Crippen molar-refractivity contribution in [3.63, 3.8) is 0 Å². The number of carbonyl (C=O) groups is 2. The Morgan fingerprint density at radius 2 is 1.94 bits per heavy atom. The van der Waals surface area contributed by atoms with Gasteiger partial charge in [-0.1, -0.05) is 43.1 Å². The molecule has 0 saturated carbocycles. The maximum absolute atomic E-state index is 13.2. The van der Waals surface area contributed by atoms with Crippen LogP contribution in [0.5, 0.6) is 5.75 Å². The van der Waals surface area contributed by atoms with Crippen molar-refractivity contribution < 1.29 is 19.4 Å². The predicted molar refractivity (Wildman–Crippen MR) is 130 cm³/mol. The molecule has 6 nitrogen and oxygen atoms in total. The molecule has 33 heavy (non-hydrogen) atoms. The summed E-state index contributed by atoms with van der Waals surface area (Å²) in [4.78, 5) is 31.3. The molecule has 172 valence electrons. The summed E-state index contributed by atoms with van der Waals surface area (Å²) in [6, 6.07) is 11.9. The first kappa shape index (κ1) is 22.9. The molecule has 1 saturated heterocycles. The average Bonchev–Trinajstić information content (AvgIpc) is 3.26. The summed E-state index contributed by atoms with van der Waals surface area (Å²) in [7, 11) is 0. The molecule has 2 aromatic carbocycles. The summed E-state index contributed by atoms with van der Waals surface area (Å²) in [6.07, 6.45) is 1.62. The van der Waals surface area contributed by atoms with Gasteiger partial charge in [-0.25, -0.2) is 0 Å². The number of ether oxygens (including phenoxy) is 1. The Morgan fingerprint density at radius 1 is 1.18 bits per heavy atom. The van der Waals surface area contributed by atoms with Gasteiger partial charge in [-0.2, -0.15) is 0 Å². The lowest BCUT2D eigenvalue weighted by Gasteiger charge is -2.25. The number of H-pyrrole nitrogens is 1. The van der Waals surface area contributed by atoms with E-state index in [9.17, 15) is 14.7 Å². The number of benzene rings is 2. The van der Waals surface area contributed by atoms with Crippen LogP contribution in [-0.4, -0.2) is 39.8 Å². The van der Waals surface area contributed by atoms with Crippen LogP contribution in [0.25, 0.3) is 16.7 Å². The molecule has 0 radical (unpaired) electrons. The van der Waals surface area contributed by atoms with E-state index in [0.717, 1.165) is 35.0 Å². The number of aryl methyl sites for hydroxylation is 1. The third kappa shape index (κ3) is 4.00. The molecule has 3 aromatic rings. The molecule has 1 aromatic heterocycles. The number of aliphatic hydroxyl groups is 1. The summed E-state index contributed by atoms with van der Waals surface area (Å²) in [5, 5.41) is 12.7. The van der Waals surface area contributed by atoms with E-state index in [2.05, 4.69) is 4.98 Å². The molecular weight excluding hydrogens is 440 g/mol. The fourth-order valence-corrected chi connectivity index (χ4v) is 4.63. The number of nitrogens with zero attached hydrogens (tertiary/aromatic N) is 1. The predicted octanol–water partition coefficient (Wildman–Crippen LogP) is 5.75. The van der Waals surface area contributed by atoms with Crippen LogP contribution in [0.15, 0.2) is 48.0 Å². The molecule has 1 atom stereocenters. The molecule has 7 heteroatoms. The van der Waals surface area contributed by atoms with E-state index in [1.807, 2.05) is 45.0 Å². The lowest BCUT2D eigenvalue weighted by Crippen LogP contribution is -2.30. The number of hydrogen-bond donors (Lipinski definition) is 2. The van der Waals surface area contributed by atoms with Crippen molar-refractivity contribution in [1.82, 2.24) is 9.88 Å². The second-order valence-corrected chi connectivity index (χ2v) is 8.54. The number of aromatic nitrogens is 1. The van der Waals surface area contributed by atoms with Crippen LogP contribution in [0.1, 0.15) is 49.6 Å². The van der Waals surface area contributed by atoms with E-state index in [4.69, 9.17) is 16.3 Å². The van der Waals surface area contributed by atoms with Gasteiger partial charge in [0.2, 0.25) is 0 Å². The van der Waals surface area contributed by atoms with Crippen molar-refractivity contribution in [3.8, 4) is 5.75 Å². The number of aromatic amines is 1.